The minimum absolute atomic E-state index is 0.363. The number of benzene rings is 18. The zero-order chi connectivity index (χ0) is 84.0. The van der Waals surface area contributed by atoms with E-state index in [1.54, 1.807) is 0 Å². The summed E-state index contributed by atoms with van der Waals surface area (Å²) >= 11 is 0. The highest BCUT2D eigenvalue weighted by Gasteiger charge is 2.34. The molecule has 602 valence electrons. The van der Waals surface area contributed by atoms with Crippen LogP contribution in [0, 0.1) is 33.6 Å². The summed E-state index contributed by atoms with van der Waals surface area (Å²) in [5, 5.41) is 9.89. The summed E-state index contributed by atoms with van der Waals surface area (Å²) in [6.07, 6.45) is 23.5. The Hall–Kier alpha value is -15.1. The van der Waals surface area contributed by atoms with Gasteiger partial charge in [-0.05, 0) is 372 Å². The molecule has 18 aromatic carbocycles. The summed E-state index contributed by atoms with van der Waals surface area (Å²) in [5.41, 5.74) is 42.2. The zero-order valence-electron chi connectivity index (χ0n) is 71.5. The van der Waals surface area contributed by atoms with Crippen molar-refractivity contribution in [2.24, 2.45) is 5.92 Å². The quantitative estimate of drug-likeness (QED) is 0.0627. The molecule has 4 heteroatoms. The van der Waals surface area contributed by atoms with Crippen LogP contribution in [0.25, 0.3) is 116 Å². The van der Waals surface area contributed by atoms with Gasteiger partial charge in [0.1, 0.15) is 0 Å². The highest BCUT2D eigenvalue weighted by Crippen LogP contribution is 2.55. The summed E-state index contributed by atoms with van der Waals surface area (Å²) in [6, 6.07) is 138. The smallest absolute Gasteiger partial charge is 0.0540 e. The molecule has 0 fully saturated rings. The van der Waals surface area contributed by atoms with E-state index in [1.165, 1.54) is 116 Å². The van der Waals surface area contributed by atoms with E-state index < -0.39 is 0 Å². The molecular formula is C122H94N4. The number of anilines is 12. The minimum Gasteiger partial charge on any atom is -0.310 e. The third-order valence-electron chi connectivity index (χ3n) is 27.0. The second kappa shape index (κ2) is 31.7. The molecular weight excluding hydrogens is 1520 g/mol. The van der Waals surface area contributed by atoms with Crippen LogP contribution >= 0.6 is 0 Å². The van der Waals surface area contributed by atoms with E-state index in [2.05, 4.69) is 454 Å². The summed E-state index contributed by atoms with van der Waals surface area (Å²) in [4.78, 5) is 10.1. The van der Waals surface area contributed by atoms with Crippen molar-refractivity contribution in [3.05, 3.63) is 462 Å². The average molecular weight is 1620 g/mol. The Morgan fingerprint density at radius 3 is 1.25 bits per heavy atom. The third-order valence-corrected chi connectivity index (χ3v) is 27.0. The fourth-order valence-electron chi connectivity index (χ4n) is 21.5. The maximum absolute atomic E-state index is 2.62. The first-order chi connectivity index (χ1) is 62.1. The van der Waals surface area contributed by atoms with Gasteiger partial charge in [-0.15, -0.1) is 0 Å². The van der Waals surface area contributed by atoms with Crippen LogP contribution in [0.1, 0.15) is 81.3 Å². The van der Waals surface area contributed by atoms with Crippen molar-refractivity contribution in [3.63, 3.8) is 0 Å². The maximum Gasteiger partial charge on any atom is 0.0540 e. The SMILES string of the molecule is Cc1cc(C)cc(N(c2ccc3c(-c4ccc(N(c5cccc(C6=CC=CCC6)c5)c5cccc(-c6ccccc6)c5)cc4)c4cc(N(c5cc(C)cc(C)c5)c5ccc6c7c5ccc5cccc(c57)CC6)ccc4c(-c4ccc(N(c5cccc(-c6ccccc6)c5)c5cccc(-c6ccccc6)c5)cc4)c3c2)c2ccc3c4c2CCC2=C4C(C=C3)CC=C2)c1. The minimum atomic E-state index is 0.363. The van der Waals surface area contributed by atoms with Gasteiger partial charge in [-0.2, -0.15) is 0 Å². The van der Waals surface area contributed by atoms with E-state index in [0.29, 0.717) is 5.92 Å². The molecule has 0 amide bonds. The number of fused-ring (bicyclic) bond motifs is 2. The highest BCUT2D eigenvalue weighted by atomic mass is 15.2. The number of allylic oxidation sites excluding steroid dienone is 9. The predicted octanol–water partition coefficient (Wildman–Crippen LogP) is 33.9. The lowest BCUT2D eigenvalue weighted by molar-refractivity contribution is 0.794. The van der Waals surface area contributed by atoms with Gasteiger partial charge in [-0.25, -0.2) is 0 Å². The first-order valence-corrected chi connectivity index (χ1v) is 44.8. The Labute approximate surface area is 738 Å². The Bertz CT molecular complexity index is 7470. The first kappa shape index (κ1) is 75.8. The van der Waals surface area contributed by atoms with Crippen LogP contribution in [0.4, 0.5) is 68.2 Å². The van der Waals surface area contributed by atoms with Gasteiger partial charge in [0, 0.05) is 73.9 Å². The van der Waals surface area contributed by atoms with Crippen LogP contribution in [-0.4, -0.2) is 0 Å². The van der Waals surface area contributed by atoms with Gasteiger partial charge in [0.05, 0.1) is 5.69 Å². The molecule has 23 rings (SSSR count). The van der Waals surface area contributed by atoms with Crippen LogP contribution in [0.5, 0.6) is 0 Å². The van der Waals surface area contributed by atoms with Crippen molar-refractivity contribution < 1.29 is 0 Å². The second-order valence-electron chi connectivity index (χ2n) is 35.1. The van der Waals surface area contributed by atoms with Crippen LogP contribution in [0.3, 0.4) is 0 Å². The molecule has 0 bridgehead atoms. The van der Waals surface area contributed by atoms with Crippen LogP contribution in [0.15, 0.2) is 406 Å². The number of hydrogen-bond donors (Lipinski definition) is 0. The number of nitrogens with zero attached hydrogens (tertiary/aromatic N) is 4. The molecule has 4 nitrogen and oxygen atoms in total. The zero-order valence-corrected chi connectivity index (χ0v) is 71.5. The van der Waals surface area contributed by atoms with E-state index in [9.17, 15) is 0 Å². The number of rotatable bonds is 18. The Balaban J connectivity index is 0.796. The van der Waals surface area contributed by atoms with E-state index in [0.717, 1.165) is 168 Å². The lowest BCUT2D eigenvalue weighted by Crippen LogP contribution is -2.20. The van der Waals surface area contributed by atoms with Crippen molar-refractivity contribution in [1.82, 2.24) is 0 Å². The molecule has 0 aromatic heterocycles. The molecule has 126 heavy (non-hydrogen) atoms. The molecule has 1 unspecified atom stereocenters. The molecule has 0 heterocycles. The second-order valence-corrected chi connectivity index (χ2v) is 35.1. The largest absolute Gasteiger partial charge is 0.310 e. The van der Waals surface area contributed by atoms with Crippen molar-refractivity contribution >= 4 is 129 Å². The van der Waals surface area contributed by atoms with Gasteiger partial charge >= 0.3 is 0 Å². The lowest BCUT2D eigenvalue weighted by atomic mass is 9.71. The van der Waals surface area contributed by atoms with Crippen LogP contribution in [0.2, 0.25) is 0 Å². The van der Waals surface area contributed by atoms with Crippen molar-refractivity contribution in [3.8, 4) is 55.6 Å². The van der Waals surface area contributed by atoms with Gasteiger partial charge in [0.15, 0.2) is 0 Å². The molecule has 0 saturated carbocycles. The summed E-state index contributed by atoms with van der Waals surface area (Å²) < 4.78 is 0. The fourth-order valence-corrected chi connectivity index (χ4v) is 21.5. The van der Waals surface area contributed by atoms with Gasteiger partial charge in [-0.1, -0.05) is 273 Å². The molecule has 5 aliphatic carbocycles. The fraction of sp³-hybridized carbons (Fsp3) is 0.0984. The monoisotopic (exact) mass is 1610 g/mol. The van der Waals surface area contributed by atoms with Gasteiger partial charge in [0.2, 0.25) is 0 Å². The summed E-state index contributed by atoms with van der Waals surface area (Å²) in [6.45, 7) is 9.01. The molecule has 0 saturated heterocycles. The average Bonchev–Trinajstić information content (AvgIpc) is 0.718. The maximum atomic E-state index is 2.62. The van der Waals surface area contributed by atoms with Crippen LogP contribution < -0.4 is 19.6 Å². The molecule has 1 atom stereocenters. The summed E-state index contributed by atoms with van der Waals surface area (Å²) in [7, 11) is 0. The summed E-state index contributed by atoms with van der Waals surface area (Å²) in [5.74, 6) is 0.363. The molecule has 0 spiro atoms. The van der Waals surface area contributed by atoms with E-state index in [-0.39, 0.29) is 0 Å². The van der Waals surface area contributed by atoms with E-state index >= 15 is 0 Å². The number of aryl methyl sites for hydroxylation is 6. The molecule has 0 N–H and O–H groups in total. The molecule has 5 aliphatic rings. The Morgan fingerprint density at radius 2 is 0.730 bits per heavy atom. The topological polar surface area (TPSA) is 13.0 Å². The van der Waals surface area contributed by atoms with Crippen molar-refractivity contribution in [2.45, 2.75) is 72.6 Å². The Morgan fingerprint density at radius 1 is 0.270 bits per heavy atom. The van der Waals surface area contributed by atoms with Gasteiger partial charge in [0.25, 0.3) is 0 Å². The van der Waals surface area contributed by atoms with Crippen molar-refractivity contribution in [2.75, 3.05) is 19.6 Å². The van der Waals surface area contributed by atoms with E-state index in [4.69, 9.17) is 0 Å². The molecule has 0 radical (unpaired) electrons. The van der Waals surface area contributed by atoms with Crippen LogP contribution in [-0.2, 0) is 19.3 Å². The molecule has 0 aliphatic heterocycles. The lowest BCUT2D eigenvalue weighted by Gasteiger charge is -2.37. The standard InChI is InChI=1S/C122H94N4/c1-79-67-80(2)70-107(69-79)125(115-65-53-93-45-43-87-31-17-33-89-51-61-111(115)121(93)117(87)89)105-59-63-109-113(77-105)119(91-47-55-99(56-48-91)123(101-39-19-35-95(73-101)83-23-9-5-10-24-83)102-40-20-36-96(74-102)84-25-11-6-12-26-84)110-64-60-106(126(108-71-81(3)68-82(4)72-108)116-66-54-94-46-44-88-32-18-34-90-52-62-112(116)122(94)118(88)90)78-114(110)120(109)92-49-57-100(58-50-92)124(103-41-21-37-97(75-103)85-27-13-7-14-28-85)104-42-22-38-98(76-104)86-29-15-8-16-30-86/h5-15,17-29,32-43,45,47-50,52-60,62-78,87H,16,30-31,44,46,51,61H2,1-4H3. The molecule has 18 aromatic rings. The van der Waals surface area contributed by atoms with Crippen molar-refractivity contribution in [1.29, 1.82) is 0 Å². The third kappa shape index (κ3) is 13.6. The first-order valence-electron chi connectivity index (χ1n) is 44.8. The van der Waals surface area contributed by atoms with E-state index in [1.807, 2.05) is 0 Å². The highest BCUT2D eigenvalue weighted by molar-refractivity contribution is 6.24. The predicted molar refractivity (Wildman–Crippen MR) is 537 cm³/mol. The van der Waals surface area contributed by atoms with Gasteiger partial charge in [-0.3, -0.25) is 0 Å². The Kier molecular flexibility index (Phi) is 19.1. The number of hydrogen-bond acceptors (Lipinski definition) is 4. The van der Waals surface area contributed by atoms with Gasteiger partial charge < -0.3 is 19.6 Å². The normalized spacial score (nSPS) is 14.1.